The van der Waals surface area contributed by atoms with Gasteiger partial charge in [0.05, 0.1) is 0 Å². The zero-order chi connectivity index (χ0) is 10.4. The molecule has 0 aromatic heterocycles. The third-order valence-corrected chi connectivity index (χ3v) is 4.18. The minimum atomic E-state index is -0.866. The van der Waals surface area contributed by atoms with Crippen LogP contribution in [0, 0.1) is 0 Å². The van der Waals surface area contributed by atoms with E-state index >= 15 is 0 Å². The number of ether oxygens (including phenoxy) is 1. The fraction of sp³-hybridized carbons (Fsp3) is 0.889. The molecule has 1 saturated heterocycles. The summed E-state index contributed by atoms with van der Waals surface area (Å²) in [6, 6.07) is 0. The summed E-state index contributed by atoms with van der Waals surface area (Å²) in [7, 11) is -0.866. The van der Waals surface area contributed by atoms with Gasteiger partial charge in [0.25, 0.3) is 0 Å². The van der Waals surface area contributed by atoms with Gasteiger partial charge in [-0.05, 0) is 19.3 Å². The molecule has 14 heavy (non-hydrogen) atoms. The van der Waals surface area contributed by atoms with Crippen molar-refractivity contribution < 1.29 is 18.8 Å². The lowest BCUT2D eigenvalue weighted by Crippen LogP contribution is -2.26. The lowest BCUT2D eigenvalue weighted by atomic mass is 10.2. The van der Waals surface area contributed by atoms with Gasteiger partial charge in [-0.25, -0.2) is 0 Å². The molecule has 0 spiro atoms. The largest absolute Gasteiger partial charge is 0.481 e. The zero-order valence-electron chi connectivity index (χ0n) is 8.11. The van der Waals surface area contributed by atoms with Crippen LogP contribution in [0.4, 0.5) is 0 Å². The topological polar surface area (TPSA) is 63.6 Å². The molecule has 1 unspecified atom stereocenters. The van der Waals surface area contributed by atoms with Crippen LogP contribution in [-0.4, -0.2) is 39.5 Å². The highest BCUT2D eigenvalue weighted by atomic mass is 32.2. The highest BCUT2D eigenvalue weighted by molar-refractivity contribution is 7.85. The summed E-state index contributed by atoms with van der Waals surface area (Å²) in [4.78, 5) is 10.2. The van der Waals surface area contributed by atoms with Crippen molar-refractivity contribution in [2.45, 2.75) is 30.9 Å². The van der Waals surface area contributed by atoms with E-state index in [0.717, 1.165) is 12.8 Å². The molecule has 0 aromatic rings. The van der Waals surface area contributed by atoms with Crippen molar-refractivity contribution in [2.24, 2.45) is 0 Å². The van der Waals surface area contributed by atoms with E-state index < -0.39 is 16.8 Å². The number of aliphatic carboxylic acids is 1. The van der Waals surface area contributed by atoms with E-state index in [1.165, 1.54) is 0 Å². The second-order valence-electron chi connectivity index (χ2n) is 3.39. The first-order valence-corrected chi connectivity index (χ1v) is 6.25. The Morgan fingerprint density at radius 2 is 2.07 bits per heavy atom. The summed E-state index contributed by atoms with van der Waals surface area (Å²) in [5, 5.41) is 8.64. The third-order valence-electron chi connectivity index (χ3n) is 2.28. The van der Waals surface area contributed by atoms with Crippen molar-refractivity contribution in [3.8, 4) is 0 Å². The molecule has 1 aliphatic heterocycles. The molecule has 1 rings (SSSR count). The van der Waals surface area contributed by atoms with Crippen LogP contribution in [0.3, 0.4) is 0 Å². The van der Waals surface area contributed by atoms with Crippen molar-refractivity contribution in [1.82, 2.24) is 0 Å². The molecular formula is C9H16O4S. The van der Waals surface area contributed by atoms with E-state index in [1.54, 1.807) is 0 Å². The molecule has 0 aliphatic carbocycles. The Morgan fingerprint density at radius 1 is 1.43 bits per heavy atom. The van der Waals surface area contributed by atoms with Gasteiger partial charge in [0, 0.05) is 41.4 Å². The van der Waals surface area contributed by atoms with Gasteiger partial charge >= 0.3 is 5.97 Å². The molecule has 0 saturated carbocycles. The van der Waals surface area contributed by atoms with E-state index in [2.05, 4.69) is 0 Å². The highest BCUT2D eigenvalue weighted by Crippen LogP contribution is 2.14. The smallest absolute Gasteiger partial charge is 0.303 e. The van der Waals surface area contributed by atoms with E-state index in [9.17, 15) is 9.00 Å². The molecule has 1 N–H and O–H groups in total. The highest BCUT2D eigenvalue weighted by Gasteiger charge is 2.19. The molecule has 0 radical (unpaired) electrons. The Labute approximate surface area is 86.1 Å². The summed E-state index contributed by atoms with van der Waals surface area (Å²) < 4.78 is 16.8. The van der Waals surface area contributed by atoms with Gasteiger partial charge in [-0.3, -0.25) is 9.00 Å². The quantitative estimate of drug-likeness (QED) is 0.743. The average molecular weight is 220 g/mol. The lowest BCUT2D eigenvalue weighted by molar-refractivity contribution is -0.137. The maximum atomic E-state index is 11.6. The van der Waals surface area contributed by atoms with Gasteiger partial charge < -0.3 is 9.84 Å². The van der Waals surface area contributed by atoms with Crippen molar-refractivity contribution >= 4 is 16.8 Å². The summed E-state index contributed by atoms with van der Waals surface area (Å²) in [6.45, 7) is 1.38. The van der Waals surface area contributed by atoms with Crippen LogP contribution in [0.2, 0.25) is 0 Å². The molecular weight excluding hydrogens is 204 g/mol. The van der Waals surface area contributed by atoms with Crippen LogP contribution in [0.15, 0.2) is 0 Å². The molecule has 0 aromatic carbocycles. The van der Waals surface area contributed by atoms with Crippen LogP contribution >= 0.6 is 0 Å². The second kappa shape index (κ2) is 6.14. The molecule has 1 fully saturated rings. The van der Waals surface area contributed by atoms with Crippen molar-refractivity contribution in [2.75, 3.05) is 19.0 Å². The minimum Gasteiger partial charge on any atom is -0.481 e. The molecule has 1 atom stereocenters. The molecule has 82 valence electrons. The minimum absolute atomic E-state index is 0.120. The molecule has 1 heterocycles. The van der Waals surface area contributed by atoms with E-state index in [-0.39, 0.29) is 11.7 Å². The van der Waals surface area contributed by atoms with Crippen molar-refractivity contribution in [1.29, 1.82) is 0 Å². The van der Waals surface area contributed by atoms with Crippen LogP contribution in [-0.2, 0) is 20.3 Å². The predicted molar refractivity (Wildman–Crippen MR) is 53.7 cm³/mol. The zero-order valence-corrected chi connectivity index (χ0v) is 8.92. The number of carboxylic acid groups (broad SMARTS) is 1. The normalized spacial score (nSPS) is 20.6. The maximum absolute atomic E-state index is 11.6. The van der Waals surface area contributed by atoms with Crippen LogP contribution in [0.5, 0.6) is 0 Å². The first kappa shape index (κ1) is 11.7. The standard InChI is InChI=1S/C9H16O4S/c10-9(11)2-1-7-14(12)8-3-5-13-6-4-8/h8H,1-7H2,(H,10,11). The summed E-state index contributed by atoms with van der Waals surface area (Å²) in [5.74, 6) is -0.300. The lowest BCUT2D eigenvalue weighted by Gasteiger charge is -2.21. The van der Waals surface area contributed by atoms with Gasteiger partial charge in [-0.2, -0.15) is 0 Å². The molecule has 1 aliphatic rings. The summed E-state index contributed by atoms with van der Waals surface area (Å²) in [6.07, 6.45) is 2.33. The van der Waals surface area contributed by atoms with Gasteiger partial charge in [0.15, 0.2) is 0 Å². The monoisotopic (exact) mass is 220 g/mol. The first-order chi connectivity index (χ1) is 6.70. The number of hydrogen-bond acceptors (Lipinski definition) is 3. The maximum Gasteiger partial charge on any atom is 0.303 e. The average Bonchev–Trinajstić information content (AvgIpc) is 2.18. The fourth-order valence-electron chi connectivity index (χ4n) is 1.47. The fourth-order valence-corrected chi connectivity index (χ4v) is 2.95. The van der Waals surface area contributed by atoms with Gasteiger partial charge in [0.1, 0.15) is 0 Å². The Balaban J connectivity index is 2.16. The number of hydrogen-bond donors (Lipinski definition) is 1. The third kappa shape index (κ3) is 4.19. The van der Waals surface area contributed by atoms with Crippen LogP contribution in [0.25, 0.3) is 0 Å². The number of rotatable bonds is 5. The Kier molecular flexibility index (Phi) is 5.11. The van der Waals surface area contributed by atoms with Gasteiger partial charge in [-0.15, -0.1) is 0 Å². The van der Waals surface area contributed by atoms with E-state index in [4.69, 9.17) is 9.84 Å². The van der Waals surface area contributed by atoms with Crippen molar-refractivity contribution in [3.63, 3.8) is 0 Å². The summed E-state index contributed by atoms with van der Waals surface area (Å²) in [5.41, 5.74) is 0. The predicted octanol–water partition coefficient (Wildman–Crippen LogP) is 0.779. The van der Waals surface area contributed by atoms with Crippen LogP contribution < -0.4 is 0 Å². The Hall–Kier alpha value is -0.420. The number of carbonyl (C=O) groups is 1. The van der Waals surface area contributed by atoms with Gasteiger partial charge in [-0.1, -0.05) is 0 Å². The van der Waals surface area contributed by atoms with E-state index in [0.29, 0.717) is 25.4 Å². The molecule has 4 nitrogen and oxygen atoms in total. The molecule has 5 heteroatoms. The summed E-state index contributed by atoms with van der Waals surface area (Å²) >= 11 is 0. The van der Waals surface area contributed by atoms with E-state index in [1.807, 2.05) is 0 Å². The Morgan fingerprint density at radius 3 is 2.64 bits per heavy atom. The Bertz CT molecular complexity index is 211. The van der Waals surface area contributed by atoms with Crippen molar-refractivity contribution in [3.05, 3.63) is 0 Å². The number of carboxylic acids is 1. The van der Waals surface area contributed by atoms with Crippen LogP contribution in [0.1, 0.15) is 25.7 Å². The second-order valence-corrected chi connectivity index (χ2v) is 5.23. The molecule has 0 bridgehead atoms. The van der Waals surface area contributed by atoms with Gasteiger partial charge in [0.2, 0.25) is 0 Å². The molecule has 0 amide bonds. The first-order valence-electron chi connectivity index (χ1n) is 4.87. The SMILES string of the molecule is O=C(O)CCCS(=O)C1CCOCC1.